The van der Waals surface area contributed by atoms with Gasteiger partial charge in [-0.1, -0.05) is 20.8 Å². The van der Waals surface area contributed by atoms with E-state index in [2.05, 4.69) is 9.97 Å². The molecule has 14 heavy (non-hydrogen) atoms. The van der Waals surface area contributed by atoms with E-state index in [4.69, 9.17) is 5.11 Å². The van der Waals surface area contributed by atoms with E-state index in [1.165, 1.54) is 0 Å². The predicted octanol–water partition coefficient (Wildman–Crippen LogP) is -0.269. The van der Waals surface area contributed by atoms with E-state index in [0.717, 1.165) is 0 Å². The van der Waals surface area contributed by atoms with Gasteiger partial charge >= 0.3 is 5.97 Å². The average Bonchev–Trinajstić information content (AvgIpc) is 2.02. The number of hydrogen-bond donors (Lipinski definition) is 1. The van der Waals surface area contributed by atoms with Gasteiger partial charge in [0, 0.05) is 11.6 Å². The Morgan fingerprint density at radius 2 is 2.07 bits per heavy atom. The zero-order valence-corrected chi connectivity index (χ0v) is 8.83. The van der Waals surface area contributed by atoms with Crippen molar-refractivity contribution in [1.82, 2.24) is 9.97 Å². The summed E-state index contributed by atoms with van der Waals surface area (Å²) in [7, 11) is 1.69. The first kappa shape index (κ1) is 10.7. The Morgan fingerprint density at radius 3 is 2.50 bits per heavy atom. The van der Waals surface area contributed by atoms with Gasteiger partial charge in [-0.15, -0.1) is 0 Å². The van der Waals surface area contributed by atoms with Crippen LogP contribution in [0.3, 0.4) is 0 Å². The first-order chi connectivity index (χ1) is 6.32. The van der Waals surface area contributed by atoms with Gasteiger partial charge in [-0.05, 0) is 5.46 Å². The van der Waals surface area contributed by atoms with E-state index in [0.29, 0.717) is 11.3 Å². The number of rotatable bonds is 1. The van der Waals surface area contributed by atoms with Crippen molar-refractivity contribution in [3.8, 4) is 0 Å². The van der Waals surface area contributed by atoms with Crippen molar-refractivity contribution < 1.29 is 9.90 Å². The summed E-state index contributed by atoms with van der Waals surface area (Å²) in [5.41, 5.74) is 0.452. The molecule has 0 aliphatic rings. The van der Waals surface area contributed by atoms with Crippen LogP contribution in [0.15, 0.2) is 6.20 Å². The van der Waals surface area contributed by atoms with Crippen molar-refractivity contribution >= 4 is 19.3 Å². The Labute approximate surface area is 83.8 Å². The molecule has 0 fully saturated rings. The number of hydrogen-bond acceptors (Lipinski definition) is 3. The van der Waals surface area contributed by atoms with Gasteiger partial charge in [0.05, 0.1) is 0 Å². The van der Waals surface area contributed by atoms with Crippen LogP contribution >= 0.6 is 0 Å². The van der Waals surface area contributed by atoms with Crippen molar-refractivity contribution in [2.24, 2.45) is 0 Å². The Kier molecular flexibility index (Phi) is 2.60. The molecule has 1 N–H and O–H groups in total. The van der Waals surface area contributed by atoms with Crippen LogP contribution in [0, 0.1) is 0 Å². The zero-order chi connectivity index (χ0) is 10.9. The molecule has 1 heterocycles. The lowest BCUT2D eigenvalue weighted by Crippen LogP contribution is -2.25. The number of carbonyl (C=O) groups is 1. The minimum absolute atomic E-state index is 0.0879. The van der Waals surface area contributed by atoms with E-state index < -0.39 is 5.97 Å². The number of carboxylic acid groups (broad SMARTS) is 1. The van der Waals surface area contributed by atoms with Gasteiger partial charge in [0.15, 0.2) is 0 Å². The highest BCUT2D eigenvalue weighted by Crippen LogP contribution is 2.16. The molecular formula is C9H13BN2O2. The lowest BCUT2D eigenvalue weighted by Gasteiger charge is -2.16. The van der Waals surface area contributed by atoms with E-state index in [1.54, 1.807) is 14.0 Å². The van der Waals surface area contributed by atoms with Gasteiger partial charge in [0.1, 0.15) is 19.4 Å². The van der Waals surface area contributed by atoms with Gasteiger partial charge in [0.2, 0.25) is 0 Å². The second-order valence-corrected chi connectivity index (χ2v) is 4.28. The summed E-state index contributed by atoms with van der Waals surface area (Å²) in [5, 5.41) is 8.87. The maximum atomic E-state index is 10.8. The van der Waals surface area contributed by atoms with Crippen LogP contribution in [0.2, 0.25) is 0 Å². The van der Waals surface area contributed by atoms with Gasteiger partial charge < -0.3 is 5.11 Å². The fourth-order valence-corrected chi connectivity index (χ4v) is 1.02. The summed E-state index contributed by atoms with van der Waals surface area (Å²) < 4.78 is 0. The summed E-state index contributed by atoms with van der Waals surface area (Å²) in [6.07, 6.45) is 1.55. The summed E-state index contributed by atoms with van der Waals surface area (Å²) in [4.78, 5) is 19.0. The molecule has 1 rings (SSSR count). The van der Waals surface area contributed by atoms with E-state index in [9.17, 15) is 4.79 Å². The highest BCUT2D eigenvalue weighted by molar-refractivity contribution is 6.35. The van der Waals surface area contributed by atoms with Gasteiger partial charge in [-0.25, -0.2) is 14.8 Å². The van der Waals surface area contributed by atoms with E-state index in [1.807, 2.05) is 20.8 Å². The minimum Gasteiger partial charge on any atom is -0.477 e. The SMILES string of the molecule is Bc1cnc(C(C)(C)C)nc1C(=O)O. The normalized spacial score (nSPS) is 11.4. The topological polar surface area (TPSA) is 63.1 Å². The second-order valence-electron chi connectivity index (χ2n) is 4.28. The molecule has 1 aromatic heterocycles. The lowest BCUT2D eigenvalue weighted by atomic mass is 9.92. The molecule has 0 amide bonds. The van der Waals surface area contributed by atoms with Crippen molar-refractivity contribution in [1.29, 1.82) is 0 Å². The Balaban J connectivity index is 3.27. The first-order valence-corrected chi connectivity index (χ1v) is 4.40. The van der Waals surface area contributed by atoms with Gasteiger partial charge in [-0.2, -0.15) is 0 Å². The third-order valence-corrected chi connectivity index (χ3v) is 1.85. The molecular weight excluding hydrogens is 179 g/mol. The third kappa shape index (κ3) is 2.10. The molecule has 1 aromatic rings. The monoisotopic (exact) mass is 192 g/mol. The fourth-order valence-electron chi connectivity index (χ4n) is 1.02. The Bertz CT molecular complexity index is 372. The summed E-state index contributed by atoms with van der Waals surface area (Å²) >= 11 is 0. The van der Waals surface area contributed by atoms with E-state index >= 15 is 0 Å². The van der Waals surface area contributed by atoms with Crippen molar-refractivity contribution in [2.75, 3.05) is 0 Å². The summed E-state index contributed by atoms with van der Waals surface area (Å²) in [6, 6.07) is 0. The molecule has 4 nitrogen and oxygen atoms in total. The molecule has 0 saturated heterocycles. The van der Waals surface area contributed by atoms with Crippen molar-refractivity contribution in [2.45, 2.75) is 26.2 Å². The minimum atomic E-state index is -1.00. The molecule has 0 saturated carbocycles. The predicted molar refractivity (Wildman–Crippen MR) is 55.9 cm³/mol. The van der Waals surface area contributed by atoms with Crippen molar-refractivity contribution in [3.05, 3.63) is 17.7 Å². The molecule has 74 valence electrons. The van der Waals surface area contributed by atoms with Crippen LogP contribution in [0.4, 0.5) is 0 Å². The van der Waals surface area contributed by atoms with Crippen LogP contribution in [-0.4, -0.2) is 28.9 Å². The maximum absolute atomic E-state index is 10.8. The van der Waals surface area contributed by atoms with Crippen LogP contribution in [0.1, 0.15) is 37.1 Å². The Morgan fingerprint density at radius 1 is 1.50 bits per heavy atom. The molecule has 0 aliphatic carbocycles. The van der Waals surface area contributed by atoms with Crippen LogP contribution < -0.4 is 5.46 Å². The van der Waals surface area contributed by atoms with Gasteiger partial charge in [-0.3, -0.25) is 0 Å². The Hall–Kier alpha value is -1.39. The molecule has 0 unspecified atom stereocenters. The fraction of sp³-hybridized carbons (Fsp3) is 0.444. The largest absolute Gasteiger partial charge is 0.477 e. The molecule has 0 atom stereocenters. The van der Waals surface area contributed by atoms with Gasteiger partial charge in [0.25, 0.3) is 0 Å². The lowest BCUT2D eigenvalue weighted by molar-refractivity contribution is 0.0691. The zero-order valence-electron chi connectivity index (χ0n) is 8.83. The number of aromatic nitrogens is 2. The standard InChI is InChI=1S/C9H13BN2O2/c1-9(2,3)8-11-4-5(10)6(12-8)7(13)14/h4H,10H2,1-3H3,(H,13,14). The summed E-state index contributed by atoms with van der Waals surface area (Å²) in [6.45, 7) is 5.84. The molecule has 5 heteroatoms. The first-order valence-electron chi connectivity index (χ1n) is 4.40. The highest BCUT2D eigenvalue weighted by atomic mass is 16.4. The number of carboxylic acids is 1. The number of nitrogens with zero attached hydrogens (tertiary/aromatic N) is 2. The molecule has 0 radical (unpaired) electrons. The highest BCUT2D eigenvalue weighted by Gasteiger charge is 2.20. The quantitative estimate of drug-likeness (QED) is 0.622. The smallest absolute Gasteiger partial charge is 0.354 e. The second kappa shape index (κ2) is 3.40. The third-order valence-electron chi connectivity index (χ3n) is 1.85. The average molecular weight is 192 g/mol. The summed E-state index contributed by atoms with van der Waals surface area (Å²) in [5.74, 6) is -0.448. The van der Waals surface area contributed by atoms with E-state index in [-0.39, 0.29) is 11.1 Å². The number of aromatic carboxylic acids is 1. The molecule has 0 aliphatic heterocycles. The maximum Gasteiger partial charge on any atom is 0.354 e. The molecule has 0 spiro atoms. The van der Waals surface area contributed by atoms with Crippen LogP contribution in [-0.2, 0) is 5.41 Å². The molecule has 0 bridgehead atoms. The van der Waals surface area contributed by atoms with Crippen molar-refractivity contribution in [3.63, 3.8) is 0 Å². The molecule has 0 aromatic carbocycles. The van der Waals surface area contributed by atoms with Crippen LogP contribution in [0.5, 0.6) is 0 Å². The van der Waals surface area contributed by atoms with Crippen LogP contribution in [0.25, 0.3) is 0 Å².